The zero-order valence-corrected chi connectivity index (χ0v) is 19.2. The topological polar surface area (TPSA) is 85.9 Å². The molecule has 0 bridgehead atoms. The molecule has 5 rings (SSSR count). The van der Waals surface area contributed by atoms with E-state index in [0.717, 1.165) is 54.7 Å². The van der Waals surface area contributed by atoms with Gasteiger partial charge in [-0.1, -0.05) is 11.8 Å². The molecule has 33 heavy (non-hydrogen) atoms. The summed E-state index contributed by atoms with van der Waals surface area (Å²) in [5.41, 5.74) is 8.98. The summed E-state index contributed by atoms with van der Waals surface area (Å²) in [6.07, 6.45) is 10.4. The first-order chi connectivity index (χ1) is 16.2. The first kappa shape index (κ1) is 21.9. The third kappa shape index (κ3) is 5.02. The van der Waals surface area contributed by atoms with Crippen molar-refractivity contribution in [3.8, 4) is 11.8 Å². The first-order valence-corrected chi connectivity index (χ1v) is 12.0. The molecule has 1 aliphatic carbocycles. The van der Waals surface area contributed by atoms with E-state index in [-0.39, 0.29) is 12.3 Å². The predicted octanol–water partition coefficient (Wildman–Crippen LogP) is 3.40. The molecule has 0 amide bonds. The molecule has 2 aromatic heterocycles. The van der Waals surface area contributed by atoms with Crippen molar-refractivity contribution in [1.82, 2.24) is 9.97 Å². The van der Waals surface area contributed by atoms with Crippen LogP contribution in [0.1, 0.15) is 50.3 Å². The van der Waals surface area contributed by atoms with Crippen molar-refractivity contribution in [2.45, 2.75) is 51.3 Å². The Labute approximate surface area is 195 Å². The van der Waals surface area contributed by atoms with Crippen LogP contribution in [0.5, 0.6) is 0 Å². The van der Waals surface area contributed by atoms with Gasteiger partial charge in [-0.15, -0.1) is 0 Å². The van der Waals surface area contributed by atoms with Gasteiger partial charge in [-0.05, 0) is 63.4 Å². The maximum atomic E-state index is 5.86. The summed E-state index contributed by atoms with van der Waals surface area (Å²) in [4.78, 5) is 17.0. The van der Waals surface area contributed by atoms with E-state index in [4.69, 9.17) is 30.2 Å². The minimum absolute atomic E-state index is 0.182. The van der Waals surface area contributed by atoms with Gasteiger partial charge in [-0.2, -0.15) is 0 Å². The van der Waals surface area contributed by atoms with E-state index in [1.165, 1.54) is 19.0 Å². The van der Waals surface area contributed by atoms with Gasteiger partial charge in [-0.3, -0.25) is 9.98 Å². The molecule has 2 N–H and O–H groups in total. The molecule has 0 radical (unpaired) electrons. The average molecular weight is 446 g/mol. The van der Waals surface area contributed by atoms with Crippen molar-refractivity contribution >= 4 is 22.4 Å². The Balaban J connectivity index is 1.65. The van der Waals surface area contributed by atoms with Gasteiger partial charge in [0.2, 0.25) is 0 Å². The normalized spacial score (nSPS) is 24.2. The van der Waals surface area contributed by atoms with E-state index in [1.54, 1.807) is 12.3 Å². The highest BCUT2D eigenvalue weighted by atomic mass is 16.5. The monoisotopic (exact) mass is 445 g/mol. The Morgan fingerprint density at radius 3 is 2.94 bits per heavy atom. The Kier molecular flexibility index (Phi) is 6.56. The second-order valence-electron chi connectivity index (χ2n) is 8.94. The zero-order valence-electron chi connectivity index (χ0n) is 19.2. The largest absolute Gasteiger partial charge is 0.405 e. The van der Waals surface area contributed by atoms with Gasteiger partial charge in [0, 0.05) is 36.2 Å². The molecule has 4 heterocycles. The minimum Gasteiger partial charge on any atom is -0.405 e. The summed E-state index contributed by atoms with van der Waals surface area (Å²) in [5.74, 6) is 8.28. The lowest BCUT2D eigenvalue weighted by Crippen LogP contribution is -2.44. The standard InChI is InChI=1S/C26H31N5O2/c1-18-17-32-15-13-31(18)23-16-20(8-7-19-5-6-19)21-10-12-28-26(25(21)30-23)22(9-11-27)29-24-4-2-3-14-33-24/h9-12,16,18-19,24H,2-6,13-15,17,27H2,1H3/t18-,24?/m1/s1. The summed E-state index contributed by atoms with van der Waals surface area (Å²) < 4.78 is 11.5. The molecule has 2 saturated heterocycles. The van der Waals surface area contributed by atoms with Crippen molar-refractivity contribution in [2.75, 3.05) is 31.3 Å². The second-order valence-corrected chi connectivity index (χ2v) is 8.94. The molecule has 0 aromatic carbocycles. The van der Waals surface area contributed by atoms with Crippen LogP contribution in [0.3, 0.4) is 0 Å². The van der Waals surface area contributed by atoms with Crippen LogP contribution in [0.25, 0.3) is 10.9 Å². The van der Waals surface area contributed by atoms with E-state index in [2.05, 4.69) is 29.7 Å². The van der Waals surface area contributed by atoms with Crippen LogP contribution in [0, 0.1) is 17.8 Å². The number of nitrogens with two attached hydrogens (primary N) is 1. The van der Waals surface area contributed by atoms with E-state index in [0.29, 0.717) is 30.5 Å². The highest BCUT2D eigenvalue weighted by molar-refractivity contribution is 6.14. The Morgan fingerprint density at radius 1 is 1.27 bits per heavy atom. The molecule has 0 spiro atoms. The summed E-state index contributed by atoms with van der Waals surface area (Å²) in [6.45, 7) is 5.06. The van der Waals surface area contributed by atoms with Crippen LogP contribution >= 0.6 is 0 Å². The van der Waals surface area contributed by atoms with Gasteiger partial charge in [0.1, 0.15) is 23.3 Å². The van der Waals surface area contributed by atoms with E-state index in [9.17, 15) is 0 Å². The van der Waals surface area contributed by atoms with Crippen molar-refractivity contribution < 1.29 is 9.47 Å². The van der Waals surface area contributed by atoms with Crippen LogP contribution in [0.2, 0.25) is 0 Å². The van der Waals surface area contributed by atoms with E-state index < -0.39 is 0 Å². The number of pyridine rings is 2. The van der Waals surface area contributed by atoms with Crippen molar-refractivity contribution in [2.24, 2.45) is 16.6 Å². The number of anilines is 1. The van der Waals surface area contributed by atoms with Gasteiger partial charge in [0.25, 0.3) is 0 Å². The molecular weight excluding hydrogens is 414 g/mol. The number of aromatic nitrogens is 2. The van der Waals surface area contributed by atoms with Crippen LogP contribution in [-0.4, -0.2) is 54.3 Å². The number of fused-ring (bicyclic) bond motifs is 1. The van der Waals surface area contributed by atoms with Crippen LogP contribution in [0.4, 0.5) is 5.82 Å². The lowest BCUT2D eigenvalue weighted by atomic mass is 10.1. The lowest BCUT2D eigenvalue weighted by Gasteiger charge is -2.34. The fraction of sp³-hybridized carbons (Fsp3) is 0.500. The first-order valence-electron chi connectivity index (χ1n) is 12.0. The Morgan fingerprint density at radius 2 is 2.18 bits per heavy atom. The molecule has 7 nitrogen and oxygen atoms in total. The quantitative estimate of drug-likeness (QED) is 0.573. The number of allylic oxidation sites excluding steroid dienone is 1. The highest BCUT2D eigenvalue weighted by Crippen LogP contribution is 2.30. The molecule has 3 fully saturated rings. The summed E-state index contributed by atoms with van der Waals surface area (Å²) in [7, 11) is 0. The zero-order chi connectivity index (χ0) is 22.6. The Hall–Kier alpha value is -2.95. The maximum absolute atomic E-state index is 5.86. The second kappa shape index (κ2) is 9.90. The number of hydrogen-bond donors (Lipinski definition) is 1. The molecule has 1 saturated carbocycles. The fourth-order valence-electron chi connectivity index (χ4n) is 4.31. The SMILES string of the molecule is C[C@@H]1COCCN1c1cc(C#CC2CC2)c2ccnc(C(C=CN)=NC3CCCCO3)c2n1. The van der Waals surface area contributed by atoms with Gasteiger partial charge in [0.05, 0.1) is 25.0 Å². The van der Waals surface area contributed by atoms with E-state index >= 15 is 0 Å². The van der Waals surface area contributed by atoms with Gasteiger partial charge in [0.15, 0.2) is 0 Å². The average Bonchev–Trinajstić information content (AvgIpc) is 3.67. The molecule has 2 atom stereocenters. The van der Waals surface area contributed by atoms with E-state index in [1.807, 2.05) is 6.07 Å². The summed E-state index contributed by atoms with van der Waals surface area (Å²) in [6, 6.07) is 4.35. The minimum atomic E-state index is -0.182. The Bertz CT molecular complexity index is 1120. The van der Waals surface area contributed by atoms with Gasteiger partial charge in [-0.25, -0.2) is 4.98 Å². The molecule has 2 aromatic rings. The highest BCUT2D eigenvalue weighted by Gasteiger charge is 2.24. The number of aliphatic imine (C=N–C) groups is 1. The number of nitrogens with zero attached hydrogens (tertiary/aromatic N) is 4. The third-order valence-electron chi connectivity index (χ3n) is 6.30. The fourth-order valence-corrected chi connectivity index (χ4v) is 4.31. The number of rotatable bonds is 4. The van der Waals surface area contributed by atoms with Crippen LogP contribution in [-0.2, 0) is 9.47 Å². The van der Waals surface area contributed by atoms with Crippen molar-refractivity contribution in [3.63, 3.8) is 0 Å². The smallest absolute Gasteiger partial charge is 0.149 e. The van der Waals surface area contributed by atoms with Crippen LogP contribution < -0.4 is 10.6 Å². The molecule has 172 valence electrons. The maximum Gasteiger partial charge on any atom is 0.149 e. The number of hydrogen-bond acceptors (Lipinski definition) is 7. The molecular formula is C26H31N5O2. The molecule has 7 heteroatoms. The number of ether oxygens (including phenoxy) is 2. The summed E-state index contributed by atoms with van der Waals surface area (Å²) >= 11 is 0. The molecule has 1 unspecified atom stereocenters. The third-order valence-corrected chi connectivity index (χ3v) is 6.30. The van der Waals surface area contributed by atoms with Crippen molar-refractivity contribution in [3.05, 3.63) is 41.9 Å². The number of morpholine rings is 1. The van der Waals surface area contributed by atoms with Gasteiger partial charge >= 0.3 is 0 Å². The predicted molar refractivity (Wildman–Crippen MR) is 130 cm³/mol. The summed E-state index contributed by atoms with van der Waals surface area (Å²) in [5, 5.41) is 0.987. The van der Waals surface area contributed by atoms with Crippen molar-refractivity contribution in [1.29, 1.82) is 0 Å². The van der Waals surface area contributed by atoms with Gasteiger partial charge < -0.3 is 20.1 Å². The van der Waals surface area contributed by atoms with Crippen LogP contribution in [0.15, 0.2) is 35.6 Å². The lowest BCUT2D eigenvalue weighted by molar-refractivity contribution is 0.0224. The molecule has 3 aliphatic rings. The molecule has 2 aliphatic heterocycles.